The Kier molecular flexibility index (Phi) is 4.04. The van der Waals surface area contributed by atoms with Gasteiger partial charge in [-0.15, -0.1) is 0 Å². The SMILES string of the molecule is CCC(CC)N(C)c1nccc(C#N)n1. The average Bonchev–Trinajstić information content (AvgIpc) is 2.30. The molecule has 0 saturated heterocycles. The first-order chi connectivity index (χ1) is 7.22. The zero-order valence-electron chi connectivity index (χ0n) is 9.44. The number of anilines is 1. The molecule has 1 aromatic heterocycles. The Balaban J connectivity index is 2.90. The van der Waals surface area contributed by atoms with E-state index in [9.17, 15) is 0 Å². The van der Waals surface area contributed by atoms with Crippen molar-refractivity contribution in [2.24, 2.45) is 0 Å². The van der Waals surface area contributed by atoms with E-state index in [1.54, 1.807) is 12.3 Å². The zero-order valence-corrected chi connectivity index (χ0v) is 9.44. The van der Waals surface area contributed by atoms with E-state index in [0.29, 0.717) is 17.7 Å². The van der Waals surface area contributed by atoms with Gasteiger partial charge in [-0.25, -0.2) is 9.97 Å². The summed E-state index contributed by atoms with van der Waals surface area (Å²) in [4.78, 5) is 10.4. The van der Waals surface area contributed by atoms with Crippen molar-refractivity contribution in [1.82, 2.24) is 9.97 Å². The lowest BCUT2D eigenvalue weighted by atomic mass is 10.1. The predicted octanol–water partition coefficient (Wildman–Crippen LogP) is 1.97. The van der Waals surface area contributed by atoms with Crippen LogP contribution in [0.4, 0.5) is 5.95 Å². The van der Waals surface area contributed by atoms with Crippen LogP contribution in [0.2, 0.25) is 0 Å². The van der Waals surface area contributed by atoms with Crippen LogP contribution < -0.4 is 4.90 Å². The summed E-state index contributed by atoms with van der Waals surface area (Å²) >= 11 is 0. The highest BCUT2D eigenvalue weighted by atomic mass is 15.2. The molecule has 0 aliphatic heterocycles. The Hall–Kier alpha value is -1.63. The minimum Gasteiger partial charge on any atom is -0.341 e. The molecule has 0 radical (unpaired) electrons. The molecule has 1 aromatic rings. The molecule has 0 atom stereocenters. The maximum absolute atomic E-state index is 8.74. The molecule has 0 unspecified atom stereocenters. The molecule has 0 spiro atoms. The van der Waals surface area contributed by atoms with Crippen molar-refractivity contribution in [1.29, 1.82) is 5.26 Å². The number of nitrogens with zero attached hydrogens (tertiary/aromatic N) is 4. The van der Waals surface area contributed by atoms with E-state index < -0.39 is 0 Å². The summed E-state index contributed by atoms with van der Waals surface area (Å²) in [6.45, 7) is 4.28. The van der Waals surface area contributed by atoms with Crippen LogP contribution in [-0.2, 0) is 0 Å². The minimum absolute atomic E-state index is 0.415. The van der Waals surface area contributed by atoms with E-state index >= 15 is 0 Å². The Morgan fingerprint density at radius 3 is 2.67 bits per heavy atom. The molecule has 0 N–H and O–H groups in total. The second-order valence-electron chi connectivity index (χ2n) is 3.43. The number of hydrogen-bond donors (Lipinski definition) is 0. The fraction of sp³-hybridized carbons (Fsp3) is 0.545. The lowest BCUT2D eigenvalue weighted by molar-refractivity contribution is 0.581. The summed E-state index contributed by atoms with van der Waals surface area (Å²) in [6, 6.07) is 4.06. The molecule has 4 heteroatoms. The molecular formula is C11H16N4. The van der Waals surface area contributed by atoms with Crippen molar-refractivity contribution in [2.75, 3.05) is 11.9 Å². The van der Waals surface area contributed by atoms with Gasteiger partial charge in [0.2, 0.25) is 5.95 Å². The fourth-order valence-electron chi connectivity index (χ4n) is 1.58. The third-order valence-corrected chi connectivity index (χ3v) is 2.56. The van der Waals surface area contributed by atoms with Crippen LogP contribution in [0.25, 0.3) is 0 Å². The standard InChI is InChI=1S/C11H16N4/c1-4-10(5-2)15(3)11-13-7-6-9(8-12)14-11/h6-7,10H,4-5H2,1-3H3. The third kappa shape index (κ3) is 2.66. The highest BCUT2D eigenvalue weighted by Gasteiger charge is 2.13. The smallest absolute Gasteiger partial charge is 0.226 e. The summed E-state index contributed by atoms with van der Waals surface area (Å²) < 4.78 is 0. The second-order valence-corrected chi connectivity index (χ2v) is 3.43. The van der Waals surface area contributed by atoms with Gasteiger partial charge in [0.05, 0.1) is 0 Å². The number of rotatable bonds is 4. The number of hydrogen-bond acceptors (Lipinski definition) is 4. The van der Waals surface area contributed by atoms with Crippen molar-refractivity contribution in [3.05, 3.63) is 18.0 Å². The Bertz CT molecular complexity index is 352. The molecule has 0 aliphatic rings. The van der Waals surface area contributed by atoms with E-state index in [1.807, 2.05) is 18.0 Å². The van der Waals surface area contributed by atoms with Gasteiger partial charge in [-0.2, -0.15) is 5.26 Å². The van der Waals surface area contributed by atoms with Crippen molar-refractivity contribution in [2.45, 2.75) is 32.7 Å². The van der Waals surface area contributed by atoms with Gasteiger partial charge in [-0.3, -0.25) is 0 Å². The zero-order chi connectivity index (χ0) is 11.3. The summed E-state index contributed by atoms with van der Waals surface area (Å²) in [5.74, 6) is 0.628. The van der Waals surface area contributed by atoms with E-state index in [2.05, 4.69) is 23.8 Å². The number of nitriles is 1. The van der Waals surface area contributed by atoms with Crippen LogP contribution >= 0.6 is 0 Å². The Morgan fingerprint density at radius 2 is 2.13 bits per heavy atom. The van der Waals surface area contributed by atoms with Crippen LogP contribution in [0.1, 0.15) is 32.4 Å². The van der Waals surface area contributed by atoms with Crippen molar-refractivity contribution < 1.29 is 0 Å². The van der Waals surface area contributed by atoms with Crippen molar-refractivity contribution >= 4 is 5.95 Å². The Morgan fingerprint density at radius 1 is 1.47 bits per heavy atom. The topological polar surface area (TPSA) is 52.8 Å². The quantitative estimate of drug-likeness (QED) is 0.752. The van der Waals surface area contributed by atoms with Crippen LogP contribution in [0, 0.1) is 11.3 Å². The summed E-state index contributed by atoms with van der Waals surface area (Å²) in [5, 5.41) is 8.74. The summed E-state index contributed by atoms with van der Waals surface area (Å²) in [7, 11) is 1.97. The molecular weight excluding hydrogens is 188 g/mol. The van der Waals surface area contributed by atoms with E-state index in [-0.39, 0.29) is 0 Å². The third-order valence-electron chi connectivity index (χ3n) is 2.56. The Labute approximate surface area is 90.6 Å². The predicted molar refractivity (Wildman–Crippen MR) is 59.5 cm³/mol. The fourth-order valence-corrected chi connectivity index (χ4v) is 1.58. The van der Waals surface area contributed by atoms with E-state index in [0.717, 1.165) is 12.8 Å². The summed E-state index contributed by atoms with van der Waals surface area (Å²) in [5.41, 5.74) is 0.415. The number of aromatic nitrogens is 2. The largest absolute Gasteiger partial charge is 0.341 e. The molecule has 0 bridgehead atoms. The van der Waals surface area contributed by atoms with Gasteiger partial charge in [0.25, 0.3) is 0 Å². The molecule has 15 heavy (non-hydrogen) atoms. The van der Waals surface area contributed by atoms with Gasteiger partial charge >= 0.3 is 0 Å². The van der Waals surface area contributed by atoms with Crippen LogP contribution in [0.3, 0.4) is 0 Å². The van der Waals surface area contributed by atoms with Gasteiger partial charge in [-0.05, 0) is 18.9 Å². The van der Waals surface area contributed by atoms with Crippen LogP contribution in [-0.4, -0.2) is 23.1 Å². The van der Waals surface area contributed by atoms with Gasteiger partial charge in [-0.1, -0.05) is 13.8 Å². The molecule has 0 aromatic carbocycles. The molecule has 0 fully saturated rings. The van der Waals surface area contributed by atoms with Gasteiger partial charge < -0.3 is 4.90 Å². The van der Waals surface area contributed by atoms with Gasteiger partial charge in [0, 0.05) is 19.3 Å². The van der Waals surface area contributed by atoms with Crippen molar-refractivity contribution in [3.8, 4) is 6.07 Å². The molecule has 4 nitrogen and oxygen atoms in total. The maximum Gasteiger partial charge on any atom is 0.226 e. The second kappa shape index (κ2) is 5.30. The molecule has 1 heterocycles. The van der Waals surface area contributed by atoms with Crippen molar-refractivity contribution in [3.63, 3.8) is 0 Å². The van der Waals surface area contributed by atoms with Crippen LogP contribution in [0.5, 0.6) is 0 Å². The minimum atomic E-state index is 0.415. The van der Waals surface area contributed by atoms with E-state index in [1.165, 1.54) is 0 Å². The first-order valence-electron chi connectivity index (χ1n) is 5.18. The average molecular weight is 204 g/mol. The molecule has 1 rings (SSSR count). The maximum atomic E-state index is 8.74. The first-order valence-corrected chi connectivity index (χ1v) is 5.18. The molecule has 0 saturated carbocycles. The molecule has 80 valence electrons. The van der Waals surface area contributed by atoms with Gasteiger partial charge in [0.1, 0.15) is 11.8 Å². The highest BCUT2D eigenvalue weighted by Crippen LogP contribution is 2.13. The van der Waals surface area contributed by atoms with Crippen LogP contribution in [0.15, 0.2) is 12.3 Å². The molecule has 0 aliphatic carbocycles. The summed E-state index contributed by atoms with van der Waals surface area (Å²) in [6.07, 6.45) is 3.72. The first kappa shape index (κ1) is 11.4. The molecule has 0 amide bonds. The lowest BCUT2D eigenvalue weighted by Crippen LogP contribution is -2.31. The highest BCUT2D eigenvalue weighted by molar-refractivity contribution is 5.33. The van der Waals surface area contributed by atoms with E-state index in [4.69, 9.17) is 5.26 Å². The monoisotopic (exact) mass is 204 g/mol. The lowest BCUT2D eigenvalue weighted by Gasteiger charge is -2.25. The normalized spacial score (nSPS) is 10.1. The van der Waals surface area contributed by atoms with Gasteiger partial charge in [0.15, 0.2) is 0 Å².